The second-order valence-electron chi connectivity index (χ2n) is 12.1. The van der Waals surface area contributed by atoms with Gasteiger partial charge in [-0.25, -0.2) is 16.8 Å². The molecule has 0 aliphatic carbocycles. The van der Waals surface area contributed by atoms with E-state index >= 15 is 0 Å². The summed E-state index contributed by atoms with van der Waals surface area (Å²) in [5.41, 5.74) is 1.21. The Morgan fingerprint density at radius 2 is 0.714 bits per heavy atom. The molecule has 56 heavy (non-hydrogen) atoms. The van der Waals surface area contributed by atoms with Crippen molar-refractivity contribution in [2.75, 3.05) is 0 Å². The number of ether oxygens (including phenoxy) is 4. The van der Waals surface area contributed by atoms with Gasteiger partial charge in [0, 0.05) is 17.2 Å². The van der Waals surface area contributed by atoms with Crippen molar-refractivity contribution in [1.29, 1.82) is 0 Å². The Balaban J connectivity index is 1.03. The summed E-state index contributed by atoms with van der Waals surface area (Å²) in [6.07, 6.45) is 11.0. The molecule has 274 valence electrons. The first-order valence-electron chi connectivity index (χ1n) is 17.0. The van der Waals surface area contributed by atoms with E-state index in [0.29, 0.717) is 45.6 Å². The van der Waals surface area contributed by atoms with Crippen LogP contribution < -0.4 is 18.9 Å². The van der Waals surface area contributed by atoms with Gasteiger partial charge in [0.2, 0.25) is 19.7 Å². The predicted octanol–water partition coefficient (Wildman–Crippen LogP) is 10.5. The number of benzene rings is 7. The number of para-hydroxylation sites is 2. The fourth-order valence-electron chi connectivity index (χ4n) is 5.57. The van der Waals surface area contributed by atoms with Gasteiger partial charge in [-0.15, -0.1) is 12.8 Å². The minimum atomic E-state index is -3.97. The van der Waals surface area contributed by atoms with Gasteiger partial charge in [0.1, 0.15) is 55.8 Å². The van der Waals surface area contributed by atoms with E-state index in [9.17, 15) is 16.8 Å². The lowest BCUT2D eigenvalue weighted by Crippen LogP contribution is -2.04. The Morgan fingerprint density at radius 1 is 0.357 bits per heavy atom. The topological polar surface area (TPSA) is 105 Å². The van der Waals surface area contributed by atoms with Crippen LogP contribution in [0.4, 0.5) is 0 Å². The molecule has 8 nitrogen and oxygen atoms in total. The molecule has 0 radical (unpaired) electrons. The summed E-state index contributed by atoms with van der Waals surface area (Å²) in [7, 11) is -7.95. The highest BCUT2D eigenvalue weighted by Gasteiger charge is 2.24. The number of rotatable bonds is 12. The fraction of sp³-hybridized carbons (Fsp3) is 0. The van der Waals surface area contributed by atoms with Crippen LogP contribution in [0.1, 0.15) is 11.1 Å². The average molecular weight is 775 g/mol. The second-order valence-corrected chi connectivity index (χ2v) is 15.9. The third kappa shape index (κ3) is 8.28. The zero-order chi connectivity index (χ0) is 39.1. The molecule has 0 amide bonds. The number of hydrogen-bond donors (Lipinski definition) is 0. The molecule has 0 aliphatic rings. The molecule has 0 atom stereocenters. The Labute approximate surface area is 325 Å². The Bertz CT molecular complexity index is 2660. The SMILES string of the molecule is C#Cc1cccc(Oc2ccccc2S(=O)(=O)c2ccc(Oc3cccc(Oc4ccc(S(=O)(=O)c5ccccc5Oc5cccc(C#C)c5)cc4)c3)cc2)c1. The Morgan fingerprint density at radius 3 is 1.11 bits per heavy atom. The maximum atomic E-state index is 13.7. The largest absolute Gasteiger partial charge is 0.457 e. The molecule has 0 spiro atoms. The van der Waals surface area contributed by atoms with E-state index in [1.54, 1.807) is 133 Å². The summed E-state index contributed by atoms with van der Waals surface area (Å²) in [4.78, 5) is 0.0898. The van der Waals surface area contributed by atoms with Gasteiger partial charge in [-0.3, -0.25) is 0 Å². The molecule has 0 fully saturated rings. The molecular formula is C46H30O8S2. The van der Waals surface area contributed by atoms with Crippen LogP contribution in [-0.4, -0.2) is 16.8 Å². The summed E-state index contributed by atoms with van der Waals surface area (Å²) in [5.74, 6) is 7.85. The van der Waals surface area contributed by atoms with Crippen LogP contribution in [0.3, 0.4) is 0 Å². The Hall–Kier alpha value is -7.24. The lowest BCUT2D eigenvalue weighted by atomic mass is 10.2. The van der Waals surface area contributed by atoms with Crippen molar-refractivity contribution in [3.8, 4) is 70.7 Å². The minimum Gasteiger partial charge on any atom is -0.457 e. The molecule has 0 saturated heterocycles. The normalized spacial score (nSPS) is 11.1. The summed E-state index contributed by atoms with van der Waals surface area (Å²) in [6, 6.07) is 45.3. The molecule has 0 saturated carbocycles. The first-order valence-corrected chi connectivity index (χ1v) is 19.9. The van der Waals surface area contributed by atoms with Gasteiger partial charge in [0.05, 0.1) is 9.79 Å². The van der Waals surface area contributed by atoms with Gasteiger partial charge in [0.15, 0.2) is 0 Å². The Kier molecular flexibility index (Phi) is 10.6. The molecule has 7 rings (SSSR count). The molecular weight excluding hydrogens is 745 g/mol. The molecule has 0 heterocycles. The van der Waals surface area contributed by atoms with Crippen molar-refractivity contribution in [3.05, 3.63) is 181 Å². The molecule has 0 aliphatic heterocycles. The molecule has 0 N–H and O–H groups in total. The van der Waals surface area contributed by atoms with Crippen LogP contribution in [0.15, 0.2) is 189 Å². The molecule has 10 heteroatoms. The molecule has 7 aromatic rings. The molecule has 7 aromatic carbocycles. The predicted molar refractivity (Wildman–Crippen MR) is 212 cm³/mol. The zero-order valence-electron chi connectivity index (χ0n) is 29.4. The van der Waals surface area contributed by atoms with E-state index in [4.69, 9.17) is 31.8 Å². The summed E-state index contributed by atoms with van der Waals surface area (Å²) >= 11 is 0. The van der Waals surface area contributed by atoms with E-state index < -0.39 is 19.7 Å². The summed E-state index contributed by atoms with van der Waals surface area (Å²) in [6.45, 7) is 0. The number of sulfone groups is 2. The lowest BCUT2D eigenvalue weighted by Gasteiger charge is -2.13. The maximum absolute atomic E-state index is 13.7. The van der Waals surface area contributed by atoms with Crippen molar-refractivity contribution >= 4 is 19.7 Å². The van der Waals surface area contributed by atoms with Crippen LogP contribution in [0.25, 0.3) is 0 Å². The highest BCUT2D eigenvalue weighted by molar-refractivity contribution is 7.92. The minimum absolute atomic E-state index is 0.00294. The third-order valence-corrected chi connectivity index (χ3v) is 11.9. The first kappa shape index (κ1) is 37.1. The van der Waals surface area contributed by atoms with E-state index in [1.165, 1.54) is 36.4 Å². The standard InChI is InChI=1S/C46H30O8S2/c1-3-33-12-9-14-37(30-33)53-43-18-5-7-20-45(43)55(47,48)41-26-22-35(23-27-41)51-39-16-11-17-40(32-39)52-36-24-28-42(29-25-36)56(49,50)46-21-8-6-19-44(46)54-38-15-10-13-34(4-2)31-38/h1-2,5-32H. The summed E-state index contributed by atoms with van der Waals surface area (Å²) < 4.78 is 78.7. The fourth-order valence-corrected chi connectivity index (χ4v) is 8.33. The van der Waals surface area contributed by atoms with E-state index in [0.717, 1.165) is 0 Å². The summed E-state index contributed by atoms with van der Waals surface area (Å²) in [5, 5.41) is 0. The van der Waals surface area contributed by atoms with Crippen molar-refractivity contribution in [2.45, 2.75) is 19.6 Å². The molecule has 0 aromatic heterocycles. The van der Waals surface area contributed by atoms with Gasteiger partial charge in [-0.1, -0.05) is 54.3 Å². The molecule has 0 unspecified atom stereocenters. The highest BCUT2D eigenvalue weighted by Crippen LogP contribution is 2.36. The first-order chi connectivity index (χ1) is 27.1. The van der Waals surface area contributed by atoms with Crippen molar-refractivity contribution in [2.24, 2.45) is 0 Å². The van der Waals surface area contributed by atoms with Gasteiger partial charge in [-0.05, 0) is 121 Å². The van der Waals surface area contributed by atoms with Gasteiger partial charge >= 0.3 is 0 Å². The van der Waals surface area contributed by atoms with E-state index in [-0.39, 0.29) is 31.1 Å². The van der Waals surface area contributed by atoms with Crippen LogP contribution >= 0.6 is 0 Å². The lowest BCUT2D eigenvalue weighted by molar-refractivity contribution is 0.460. The van der Waals surface area contributed by atoms with Gasteiger partial charge < -0.3 is 18.9 Å². The number of hydrogen-bond acceptors (Lipinski definition) is 8. The zero-order valence-corrected chi connectivity index (χ0v) is 31.0. The van der Waals surface area contributed by atoms with Crippen LogP contribution in [-0.2, 0) is 19.7 Å². The highest BCUT2D eigenvalue weighted by atomic mass is 32.2. The van der Waals surface area contributed by atoms with Crippen LogP contribution in [0, 0.1) is 24.7 Å². The van der Waals surface area contributed by atoms with Crippen molar-refractivity contribution in [1.82, 2.24) is 0 Å². The van der Waals surface area contributed by atoms with E-state index in [2.05, 4.69) is 11.8 Å². The van der Waals surface area contributed by atoms with Crippen LogP contribution in [0.5, 0.6) is 46.0 Å². The second kappa shape index (κ2) is 16.0. The smallest absolute Gasteiger partial charge is 0.210 e. The van der Waals surface area contributed by atoms with Gasteiger partial charge in [-0.2, -0.15) is 0 Å². The third-order valence-electron chi connectivity index (χ3n) is 8.28. The van der Waals surface area contributed by atoms with Crippen molar-refractivity contribution in [3.63, 3.8) is 0 Å². The molecule has 0 bridgehead atoms. The van der Waals surface area contributed by atoms with Crippen molar-refractivity contribution < 1.29 is 35.8 Å². The van der Waals surface area contributed by atoms with E-state index in [1.807, 2.05) is 0 Å². The maximum Gasteiger partial charge on any atom is 0.210 e. The van der Waals surface area contributed by atoms with Crippen LogP contribution in [0.2, 0.25) is 0 Å². The number of terminal acetylenes is 2. The van der Waals surface area contributed by atoms with Gasteiger partial charge in [0.25, 0.3) is 0 Å². The quantitative estimate of drug-likeness (QED) is 0.113. The average Bonchev–Trinajstić information content (AvgIpc) is 3.22. The monoisotopic (exact) mass is 774 g/mol.